The molecule has 0 N–H and O–H groups in total. The number of halogens is 2. The van der Waals surface area contributed by atoms with E-state index in [2.05, 4.69) is 0 Å². The molecule has 0 aliphatic carbocycles. The van der Waals surface area contributed by atoms with Crippen molar-refractivity contribution in [3.8, 4) is 11.5 Å². The highest BCUT2D eigenvalue weighted by atomic mass is 19.2. The summed E-state index contributed by atoms with van der Waals surface area (Å²) >= 11 is 0. The first kappa shape index (κ1) is 16.5. The largest absolute Gasteiger partial charge is 0.497 e. The number of hydrogen-bond donors (Lipinski definition) is 0. The van der Waals surface area contributed by atoms with Crippen molar-refractivity contribution >= 4 is 0 Å². The van der Waals surface area contributed by atoms with Gasteiger partial charge in [0.2, 0.25) is 0 Å². The molecule has 1 atom stereocenters. The molecule has 1 unspecified atom stereocenters. The first-order valence-corrected chi connectivity index (χ1v) is 8.27. The molecular formula is C21H17F2NO2. The molecule has 0 bridgehead atoms. The Hall–Kier alpha value is -2.92. The van der Waals surface area contributed by atoms with E-state index in [0.717, 1.165) is 22.9 Å². The number of rotatable bonds is 4. The Morgan fingerprint density at radius 3 is 2.35 bits per heavy atom. The molecule has 4 rings (SSSR count). The van der Waals surface area contributed by atoms with Gasteiger partial charge in [0, 0.05) is 11.6 Å². The van der Waals surface area contributed by atoms with Gasteiger partial charge in [-0.3, -0.25) is 0 Å². The molecule has 5 heteroatoms. The van der Waals surface area contributed by atoms with Gasteiger partial charge in [0.05, 0.1) is 19.7 Å². The third-order valence-corrected chi connectivity index (χ3v) is 4.46. The van der Waals surface area contributed by atoms with E-state index in [4.69, 9.17) is 9.57 Å². The van der Waals surface area contributed by atoms with Crippen molar-refractivity contribution in [2.75, 3.05) is 7.11 Å². The Balaban J connectivity index is 1.75. The standard InChI is InChI=1S/C21H17F2NO2/c1-25-16-9-7-15(8-10-16)21-17-11-18(22)19(23)12-20(17)26-24(21)13-14-5-3-2-4-6-14/h2-12,21H,13H2,1H3. The molecule has 1 heterocycles. The van der Waals surface area contributed by atoms with Crippen molar-refractivity contribution in [1.82, 2.24) is 5.06 Å². The summed E-state index contributed by atoms with van der Waals surface area (Å²) in [5.74, 6) is -0.736. The zero-order chi connectivity index (χ0) is 18.1. The lowest BCUT2D eigenvalue weighted by atomic mass is 9.98. The van der Waals surface area contributed by atoms with Crippen molar-refractivity contribution in [2.45, 2.75) is 12.6 Å². The topological polar surface area (TPSA) is 21.7 Å². The quantitative estimate of drug-likeness (QED) is 0.668. The van der Waals surface area contributed by atoms with Crippen molar-refractivity contribution < 1.29 is 18.4 Å². The minimum absolute atomic E-state index is 0.334. The molecule has 3 nitrogen and oxygen atoms in total. The lowest BCUT2D eigenvalue weighted by Crippen LogP contribution is -2.26. The van der Waals surface area contributed by atoms with E-state index >= 15 is 0 Å². The molecule has 0 aromatic heterocycles. The first-order valence-electron chi connectivity index (χ1n) is 8.27. The monoisotopic (exact) mass is 353 g/mol. The zero-order valence-corrected chi connectivity index (χ0v) is 14.2. The van der Waals surface area contributed by atoms with E-state index in [0.29, 0.717) is 17.9 Å². The maximum absolute atomic E-state index is 13.9. The Labute approximate surface area is 150 Å². The summed E-state index contributed by atoms with van der Waals surface area (Å²) in [5, 5.41) is 1.74. The molecular weight excluding hydrogens is 336 g/mol. The molecule has 0 fully saturated rings. The number of hydroxylamine groups is 2. The van der Waals surface area contributed by atoms with Crippen LogP contribution in [-0.4, -0.2) is 12.2 Å². The van der Waals surface area contributed by atoms with Gasteiger partial charge in [0.25, 0.3) is 0 Å². The highest BCUT2D eigenvalue weighted by Crippen LogP contribution is 2.43. The highest BCUT2D eigenvalue weighted by Gasteiger charge is 2.35. The SMILES string of the molecule is COc1ccc(C2c3cc(F)c(F)cc3ON2Cc2ccccc2)cc1. The molecule has 132 valence electrons. The fourth-order valence-corrected chi connectivity index (χ4v) is 3.19. The minimum Gasteiger partial charge on any atom is -0.497 e. The second-order valence-corrected chi connectivity index (χ2v) is 6.13. The smallest absolute Gasteiger partial charge is 0.162 e. The number of fused-ring (bicyclic) bond motifs is 1. The van der Waals surface area contributed by atoms with Crippen LogP contribution in [0.5, 0.6) is 11.5 Å². The fraction of sp³-hybridized carbons (Fsp3) is 0.143. The van der Waals surface area contributed by atoms with Crippen molar-refractivity contribution in [2.24, 2.45) is 0 Å². The van der Waals surface area contributed by atoms with Gasteiger partial charge in [-0.25, -0.2) is 8.78 Å². The summed E-state index contributed by atoms with van der Waals surface area (Å²) in [6, 6.07) is 19.3. The Morgan fingerprint density at radius 1 is 0.962 bits per heavy atom. The van der Waals surface area contributed by atoms with Crippen LogP contribution in [0.25, 0.3) is 0 Å². The number of benzene rings is 3. The summed E-state index contributed by atoms with van der Waals surface area (Å²) < 4.78 is 32.7. The van der Waals surface area contributed by atoms with Crippen LogP contribution in [-0.2, 0) is 6.54 Å². The minimum atomic E-state index is -0.918. The Bertz CT molecular complexity index is 913. The van der Waals surface area contributed by atoms with Crippen molar-refractivity contribution in [1.29, 1.82) is 0 Å². The van der Waals surface area contributed by atoms with Gasteiger partial charge in [-0.15, -0.1) is 5.06 Å². The van der Waals surface area contributed by atoms with E-state index in [1.807, 2.05) is 54.6 Å². The molecule has 0 saturated heterocycles. The molecule has 1 aliphatic rings. The van der Waals surface area contributed by atoms with Crippen LogP contribution in [0.1, 0.15) is 22.7 Å². The second-order valence-electron chi connectivity index (χ2n) is 6.13. The lowest BCUT2D eigenvalue weighted by Gasteiger charge is -2.23. The van der Waals surface area contributed by atoms with Crippen LogP contribution in [0.15, 0.2) is 66.7 Å². The predicted octanol–water partition coefficient (Wildman–Crippen LogP) is 4.87. The van der Waals surface area contributed by atoms with Gasteiger partial charge >= 0.3 is 0 Å². The summed E-state index contributed by atoms with van der Waals surface area (Å²) in [7, 11) is 1.60. The molecule has 1 aliphatic heterocycles. The Morgan fingerprint density at radius 2 is 1.65 bits per heavy atom. The van der Waals surface area contributed by atoms with E-state index < -0.39 is 11.6 Å². The van der Waals surface area contributed by atoms with Crippen molar-refractivity contribution in [3.63, 3.8) is 0 Å². The summed E-state index contributed by atoms with van der Waals surface area (Å²) in [6.07, 6.45) is 0. The van der Waals surface area contributed by atoms with Gasteiger partial charge in [0.1, 0.15) is 5.75 Å². The first-order chi connectivity index (χ1) is 12.7. The molecule has 0 saturated carbocycles. The molecule has 3 aromatic rings. The van der Waals surface area contributed by atoms with Crippen LogP contribution < -0.4 is 9.57 Å². The Kier molecular flexibility index (Phi) is 4.31. The summed E-state index contributed by atoms with van der Waals surface area (Å²) in [6.45, 7) is 0.482. The van der Waals surface area contributed by atoms with E-state index in [-0.39, 0.29) is 6.04 Å². The second kappa shape index (κ2) is 6.77. The lowest BCUT2D eigenvalue weighted by molar-refractivity contribution is -0.0684. The van der Waals surface area contributed by atoms with Crippen molar-refractivity contribution in [3.05, 3.63) is 95.1 Å². The van der Waals surface area contributed by atoms with Crippen LogP contribution in [0.4, 0.5) is 8.78 Å². The number of ether oxygens (including phenoxy) is 1. The molecule has 0 spiro atoms. The zero-order valence-electron chi connectivity index (χ0n) is 14.2. The molecule has 0 amide bonds. The number of hydrogen-bond acceptors (Lipinski definition) is 3. The fourth-order valence-electron chi connectivity index (χ4n) is 3.19. The number of nitrogens with zero attached hydrogens (tertiary/aromatic N) is 1. The molecule has 3 aromatic carbocycles. The summed E-state index contributed by atoms with van der Waals surface area (Å²) in [4.78, 5) is 5.87. The van der Waals surface area contributed by atoms with Gasteiger partial charge in [-0.05, 0) is 29.3 Å². The molecule has 26 heavy (non-hydrogen) atoms. The van der Waals surface area contributed by atoms with Crippen LogP contribution in [0, 0.1) is 11.6 Å². The van der Waals surface area contributed by atoms with E-state index in [1.54, 1.807) is 12.2 Å². The van der Waals surface area contributed by atoms with Gasteiger partial charge in [0.15, 0.2) is 17.4 Å². The normalized spacial score (nSPS) is 16.2. The maximum Gasteiger partial charge on any atom is 0.162 e. The average molecular weight is 353 g/mol. The van der Waals surface area contributed by atoms with Gasteiger partial charge < -0.3 is 9.57 Å². The average Bonchev–Trinajstić information content (AvgIpc) is 2.99. The van der Waals surface area contributed by atoms with E-state index in [1.165, 1.54) is 6.07 Å². The summed E-state index contributed by atoms with van der Waals surface area (Å²) in [5.41, 5.74) is 2.55. The van der Waals surface area contributed by atoms with Gasteiger partial charge in [-0.1, -0.05) is 42.5 Å². The highest BCUT2D eigenvalue weighted by molar-refractivity contribution is 5.46. The predicted molar refractivity (Wildman–Crippen MR) is 93.8 cm³/mol. The van der Waals surface area contributed by atoms with Gasteiger partial charge in [-0.2, -0.15) is 0 Å². The third-order valence-electron chi connectivity index (χ3n) is 4.46. The third kappa shape index (κ3) is 3.02. The van der Waals surface area contributed by atoms with Crippen LogP contribution >= 0.6 is 0 Å². The maximum atomic E-state index is 13.9. The van der Waals surface area contributed by atoms with E-state index in [9.17, 15) is 8.78 Å². The van der Waals surface area contributed by atoms with Crippen LogP contribution in [0.3, 0.4) is 0 Å². The molecule has 0 radical (unpaired) electrons. The number of methoxy groups -OCH3 is 1. The van der Waals surface area contributed by atoms with Crippen LogP contribution in [0.2, 0.25) is 0 Å².